The average Bonchev–Trinajstić information content (AvgIpc) is 2.30. The number of aliphatic carboxylic acids is 1. The maximum Gasteiger partial charge on any atom is 2.00 e. The van der Waals surface area contributed by atoms with Crippen molar-refractivity contribution in [3.8, 4) is 0 Å². The van der Waals surface area contributed by atoms with E-state index in [9.17, 15) is 9.90 Å². The van der Waals surface area contributed by atoms with Gasteiger partial charge in [-0.2, -0.15) is 0 Å². The van der Waals surface area contributed by atoms with Crippen molar-refractivity contribution in [1.82, 2.24) is 0 Å². The van der Waals surface area contributed by atoms with Crippen molar-refractivity contribution >= 4 is 43.7 Å². The van der Waals surface area contributed by atoms with E-state index >= 15 is 0 Å². The maximum atomic E-state index is 10.2. The number of hydrogen-bond donors (Lipinski definition) is 0. The Morgan fingerprint density at radius 1 is 0.722 bits per heavy atom. The van der Waals surface area contributed by atoms with E-state index in [1.165, 1.54) is 64.2 Å². The van der Waals surface area contributed by atoms with Crippen LogP contribution in [-0.2, 0) is 4.79 Å². The van der Waals surface area contributed by atoms with Crippen molar-refractivity contribution in [3.05, 3.63) is 0 Å². The summed E-state index contributed by atoms with van der Waals surface area (Å²) < 4.78 is 0. The maximum absolute atomic E-state index is 10.2. The Bertz CT molecular complexity index is 172. The molecular weight excluding hydrogens is 252 g/mol. The van der Waals surface area contributed by atoms with Gasteiger partial charge in [-0.1, -0.05) is 77.6 Å². The second-order valence-electron chi connectivity index (χ2n) is 5.01. The van der Waals surface area contributed by atoms with Gasteiger partial charge in [-0.25, -0.2) is 0 Å². The molecule has 0 saturated carbocycles. The van der Waals surface area contributed by atoms with Gasteiger partial charge in [-0.05, 0) is 12.8 Å². The molecule has 0 amide bonds. The van der Waals surface area contributed by atoms with Crippen LogP contribution < -0.4 is 5.11 Å². The van der Waals surface area contributed by atoms with E-state index in [1.54, 1.807) is 0 Å². The molecule has 0 aliphatic carbocycles. The molecule has 0 aliphatic rings. The van der Waals surface area contributed by atoms with E-state index in [0.29, 0.717) is 0 Å². The van der Waals surface area contributed by atoms with Crippen LogP contribution in [0.15, 0.2) is 0 Å². The first kappa shape index (κ1) is 21.0. The van der Waals surface area contributed by atoms with Gasteiger partial charge in [0.15, 0.2) is 0 Å². The Kier molecular flexibility index (Phi) is 20.7. The molecule has 0 aromatic carbocycles. The van der Waals surface area contributed by atoms with E-state index in [-0.39, 0.29) is 44.2 Å². The van der Waals surface area contributed by atoms with Crippen LogP contribution in [-0.4, -0.2) is 43.7 Å². The molecule has 3 heteroatoms. The van der Waals surface area contributed by atoms with Gasteiger partial charge in [0.05, 0.1) is 0 Å². The van der Waals surface area contributed by atoms with Crippen LogP contribution in [0.1, 0.15) is 90.4 Å². The summed E-state index contributed by atoms with van der Waals surface area (Å²) in [7, 11) is 0. The van der Waals surface area contributed by atoms with Crippen LogP contribution in [0.3, 0.4) is 0 Å². The van der Waals surface area contributed by atoms with Crippen molar-refractivity contribution < 1.29 is 9.90 Å². The molecule has 2 nitrogen and oxygen atoms in total. The first-order valence-corrected chi connectivity index (χ1v) is 7.47. The molecule has 0 unspecified atom stereocenters. The molecule has 0 N–H and O–H groups in total. The topological polar surface area (TPSA) is 40.1 Å². The summed E-state index contributed by atoms with van der Waals surface area (Å²) in [6.45, 7) is 2.25. The summed E-state index contributed by atoms with van der Waals surface area (Å²) in [4.78, 5) is 10.2. The first-order chi connectivity index (χ1) is 8.27. The SMILES string of the molecule is CCCCCCCCCCCCCCC(=O)[O-].[Ca+2]. The predicted octanol–water partition coefficient (Wildman–Crippen LogP) is 3.45. The Balaban J connectivity index is 0. The summed E-state index contributed by atoms with van der Waals surface area (Å²) in [5.41, 5.74) is 0. The monoisotopic (exact) mass is 281 g/mol. The van der Waals surface area contributed by atoms with Crippen LogP contribution in [0.5, 0.6) is 0 Å². The van der Waals surface area contributed by atoms with E-state index in [1.807, 2.05) is 0 Å². The second kappa shape index (κ2) is 17.7. The average molecular weight is 281 g/mol. The van der Waals surface area contributed by atoms with Gasteiger partial charge in [0.25, 0.3) is 0 Å². The van der Waals surface area contributed by atoms with Crippen LogP contribution in [0.2, 0.25) is 0 Å². The number of carbonyl (C=O) groups is 1. The second-order valence-corrected chi connectivity index (χ2v) is 5.01. The molecule has 0 spiro atoms. The fraction of sp³-hybridized carbons (Fsp3) is 0.933. The normalized spacial score (nSPS) is 10.1. The number of carbonyl (C=O) groups excluding carboxylic acids is 1. The Morgan fingerprint density at radius 2 is 1.06 bits per heavy atom. The molecule has 0 aromatic rings. The minimum atomic E-state index is -0.905. The number of rotatable bonds is 13. The molecule has 0 atom stereocenters. The quantitative estimate of drug-likeness (QED) is 0.383. The third-order valence-corrected chi connectivity index (χ3v) is 3.23. The number of carboxylic acid groups (broad SMARTS) is 1. The van der Waals surface area contributed by atoms with Crippen LogP contribution in [0.4, 0.5) is 0 Å². The minimum Gasteiger partial charge on any atom is -0.550 e. The van der Waals surface area contributed by atoms with Gasteiger partial charge in [0, 0.05) is 5.97 Å². The molecule has 0 heterocycles. The Labute approximate surface area is 143 Å². The van der Waals surface area contributed by atoms with Crippen molar-refractivity contribution in [2.75, 3.05) is 0 Å². The summed E-state index contributed by atoms with van der Waals surface area (Å²) in [5.74, 6) is -0.905. The van der Waals surface area contributed by atoms with Crippen molar-refractivity contribution in [2.45, 2.75) is 90.4 Å². The standard InChI is InChI=1S/C15H30O2.Ca/c1-2-3-4-5-6-7-8-9-10-11-12-13-14-15(16)17;/h2-14H2,1H3,(H,16,17);/q;+2/p-1. The predicted molar refractivity (Wildman–Crippen MR) is 76.5 cm³/mol. The van der Waals surface area contributed by atoms with Crippen LogP contribution >= 0.6 is 0 Å². The molecule has 18 heavy (non-hydrogen) atoms. The van der Waals surface area contributed by atoms with E-state index in [0.717, 1.165) is 12.8 Å². The Hall–Kier alpha value is 0.730. The van der Waals surface area contributed by atoms with Gasteiger partial charge in [0.1, 0.15) is 0 Å². The van der Waals surface area contributed by atoms with E-state index in [4.69, 9.17) is 0 Å². The fourth-order valence-electron chi connectivity index (χ4n) is 2.11. The van der Waals surface area contributed by atoms with Crippen molar-refractivity contribution in [2.24, 2.45) is 0 Å². The van der Waals surface area contributed by atoms with Gasteiger partial charge in [-0.3, -0.25) is 0 Å². The molecular formula is C15H29CaO2+. The fourth-order valence-corrected chi connectivity index (χ4v) is 2.11. The van der Waals surface area contributed by atoms with Crippen molar-refractivity contribution in [1.29, 1.82) is 0 Å². The van der Waals surface area contributed by atoms with E-state index in [2.05, 4.69) is 6.92 Å². The molecule has 0 aromatic heterocycles. The third kappa shape index (κ3) is 19.1. The molecule has 102 valence electrons. The van der Waals surface area contributed by atoms with Crippen LogP contribution in [0, 0.1) is 0 Å². The molecule has 0 radical (unpaired) electrons. The zero-order chi connectivity index (χ0) is 12.8. The minimum absolute atomic E-state index is 0. The smallest absolute Gasteiger partial charge is 0.550 e. The summed E-state index contributed by atoms with van der Waals surface area (Å²) in [6, 6.07) is 0. The molecule has 0 fully saturated rings. The van der Waals surface area contributed by atoms with Crippen molar-refractivity contribution in [3.63, 3.8) is 0 Å². The van der Waals surface area contributed by atoms with Gasteiger partial charge < -0.3 is 9.90 Å². The van der Waals surface area contributed by atoms with Gasteiger partial charge in [-0.15, -0.1) is 0 Å². The summed E-state index contributed by atoms with van der Waals surface area (Å²) >= 11 is 0. The third-order valence-electron chi connectivity index (χ3n) is 3.23. The number of unbranched alkanes of at least 4 members (excludes halogenated alkanes) is 11. The first-order valence-electron chi connectivity index (χ1n) is 7.47. The van der Waals surface area contributed by atoms with E-state index < -0.39 is 5.97 Å². The van der Waals surface area contributed by atoms with Gasteiger partial charge >= 0.3 is 37.7 Å². The summed E-state index contributed by atoms with van der Waals surface area (Å²) in [5, 5.41) is 10.2. The zero-order valence-corrected chi connectivity index (χ0v) is 14.4. The van der Waals surface area contributed by atoms with Gasteiger partial charge in [0.2, 0.25) is 0 Å². The molecule has 0 saturated heterocycles. The molecule has 0 bridgehead atoms. The van der Waals surface area contributed by atoms with Crippen LogP contribution in [0.25, 0.3) is 0 Å². The largest absolute Gasteiger partial charge is 2.00 e. The molecule has 0 aliphatic heterocycles. The number of carboxylic acids is 1. The summed E-state index contributed by atoms with van der Waals surface area (Å²) in [6.07, 6.45) is 15.5. The molecule has 0 rings (SSSR count). The zero-order valence-electron chi connectivity index (χ0n) is 12.2. The number of hydrogen-bond acceptors (Lipinski definition) is 2. The Morgan fingerprint density at radius 3 is 1.39 bits per heavy atom.